The summed E-state index contributed by atoms with van der Waals surface area (Å²) < 4.78 is 0. The second kappa shape index (κ2) is 3.23. The van der Waals surface area contributed by atoms with E-state index in [4.69, 9.17) is 10.8 Å². The maximum Gasteiger partial charge on any atom is 0.167 e. The molecule has 0 aromatic heterocycles. The molecule has 3 nitrogen and oxygen atoms in total. The van der Waals surface area contributed by atoms with Crippen LogP contribution in [0.2, 0.25) is 0 Å². The number of carbonyl (C=O) groups is 1. The molecule has 0 aromatic rings. The van der Waals surface area contributed by atoms with Gasteiger partial charge in [-0.15, -0.1) is 0 Å². The van der Waals surface area contributed by atoms with Gasteiger partial charge in [0.2, 0.25) is 0 Å². The summed E-state index contributed by atoms with van der Waals surface area (Å²) in [7, 11) is 0. The lowest BCUT2D eigenvalue weighted by atomic mass is 10.1. The fourth-order valence-electron chi connectivity index (χ4n) is 0.908. The molecule has 1 rings (SSSR count). The van der Waals surface area contributed by atoms with Crippen molar-refractivity contribution in [3.8, 4) is 0 Å². The number of allylic oxidation sites excluding steroid dienone is 2. The number of rotatable bonds is 4. The summed E-state index contributed by atoms with van der Waals surface area (Å²) in [5.41, 5.74) is 0.762. The number of aldehydes is 1. The Kier molecular flexibility index (Phi) is 2.31. The molecule has 11 heavy (non-hydrogen) atoms. The van der Waals surface area contributed by atoms with E-state index in [0.29, 0.717) is 12.2 Å². The van der Waals surface area contributed by atoms with Gasteiger partial charge in [0.15, 0.2) is 6.29 Å². The first-order valence-electron chi connectivity index (χ1n) is 3.53. The van der Waals surface area contributed by atoms with E-state index < -0.39 is 0 Å². The van der Waals surface area contributed by atoms with Crippen LogP contribution in [0.3, 0.4) is 0 Å². The van der Waals surface area contributed by atoms with Crippen LogP contribution in [0.4, 0.5) is 0 Å². The normalized spacial score (nSPS) is 17.6. The largest absolute Gasteiger partial charge is 0.308 e. The average molecular weight is 150 g/mol. The molecule has 0 aromatic carbocycles. The van der Waals surface area contributed by atoms with E-state index >= 15 is 0 Å². The number of hydrogen-bond acceptors (Lipinski definition) is 3. The van der Waals surface area contributed by atoms with E-state index in [-0.39, 0.29) is 5.71 Å². The molecule has 0 amide bonds. The monoisotopic (exact) mass is 150 g/mol. The molecule has 0 unspecified atom stereocenters. The summed E-state index contributed by atoms with van der Waals surface area (Å²) >= 11 is 0. The summed E-state index contributed by atoms with van der Waals surface area (Å²) in [6, 6.07) is 0. The third-order valence-corrected chi connectivity index (χ3v) is 1.66. The van der Waals surface area contributed by atoms with Crippen LogP contribution >= 0.6 is 0 Å². The van der Waals surface area contributed by atoms with Crippen LogP contribution in [0, 0.1) is 16.7 Å². The van der Waals surface area contributed by atoms with Crippen LogP contribution in [-0.4, -0.2) is 18.2 Å². The lowest BCUT2D eigenvalue weighted by Crippen LogP contribution is -1.96. The minimum Gasteiger partial charge on any atom is -0.308 e. The van der Waals surface area contributed by atoms with Gasteiger partial charge in [0, 0.05) is 6.21 Å². The molecule has 1 aliphatic rings. The Morgan fingerprint density at radius 2 is 2.09 bits per heavy atom. The predicted octanol–water partition coefficient (Wildman–Crippen LogP) is 1.19. The Hall–Kier alpha value is -1.25. The van der Waals surface area contributed by atoms with Gasteiger partial charge in [-0.2, -0.15) is 0 Å². The van der Waals surface area contributed by atoms with Crippen molar-refractivity contribution in [3.63, 3.8) is 0 Å². The molecule has 0 bridgehead atoms. The fourth-order valence-corrected chi connectivity index (χ4v) is 0.908. The van der Waals surface area contributed by atoms with Crippen molar-refractivity contribution in [3.05, 3.63) is 11.6 Å². The summed E-state index contributed by atoms with van der Waals surface area (Å²) in [4.78, 5) is 10.1. The first-order chi connectivity index (χ1) is 5.27. The highest BCUT2D eigenvalue weighted by Crippen LogP contribution is 2.35. The van der Waals surface area contributed by atoms with Gasteiger partial charge in [0.25, 0.3) is 0 Å². The highest BCUT2D eigenvalue weighted by molar-refractivity contribution is 6.32. The number of hydrogen-bond donors (Lipinski definition) is 2. The first kappa shape index (κ1) is 7.85. The van der Waals surface area contributed by atoms with Gasteiger partial charge in [-0.1, -0.05) is 0 Å². The minimum absolute atomic E-state index is 0.0459. The van der Waals surface area contributed by atoms with Crippen LogP contribution < -0.4 is 0 Å². The van der Waals surface area contributed by atoms with E-state index in [1.165, 1.54) is 12.3 Å². The highest BCUT2D eigenvalue weighted by atomic mass is 16.1. The molecule has 0 atom stereocenters. The van der Waals surface area contributed by atoms with Crippen LogP contribution in [-0.2, 0) is 4.79 Å². The lowest BCUT2D eigenvalue weighted by Gasteiger charge is -1.93. The molecule has 0 spiro atoms. The average Bonchev–Trinajstić information content (AvgIpc) is 2.82. The van der Waals surface area contributed by atoms with E-state index in [1.54, 1.807) is 0 Å². The zero-order valence-electron chi connectivity index (χ0n) is 6.13. The molecule has 0 heterocycles. The quantitative estimate of drug-likeness (QED) is 0.459. The number of carbonyl (C=O) groups excluding carboxylic acids is 1. The third-order valence-electron chi connectivity index (χ3n) is 1.66. The molecule has 58 valence electrons. The Morgan fingerprint density at radius 3 is 2.45 bits per heavy atom. The molecule has 1 saturated carbocycles. The van der Waals surface area contributed by atoms with Crippen molar-refractivity contribution in [1.29, 1.82) is 10.8 Å². The topological polar surface area (TPSA) is 64.8 Å². The SMILES string of the molecule is N=C/C(=C\C(=N)C=O)C1CC1. The van der Waals surface area contributed by atoms with Crippen molar-refractivity contribution in [1.82, 2.24) is 0 Å². The molecule has 1 fully saturated rings. The Balaban J connectivity index is 2.65. The molecule has 3 heteroatoms. The molecular formula is C8H10N2O. The van der Waals surface area contributed by atoms with Gasteiger partial charge in [0.1, 0.15) is 0 Å². The maximum absolute atomic E-state index is 10.1. The summed E-state index contributed by atoms with van der Waals surface area (Å²) in [6.45, 7) is 0. The molecule has 2 N–H and O–H groups in total. The van der Waals surface area contributed by atoms with Crippen molar-refractivity contribution in [2.45, 2.75) is 12.8 Å². The van der Waals surface area contributed by atoms with Gasteiger partial charge in [0.05, 0.1) is 5.71 Å². The van der Waals surface area contributed by atoms with Crippen molar-refractivity contribution in [2.75, 3.05) is 0 Å². The lowest BCUT2D eigenvalue weighted by molar-refractivity contribution is -0.102. The van der Waals surface area contributed by atoms with Crippen molar-refractivity contribution < 1.29 is 4.79 Å². The molecule has 1 aliphatic carbocycles. The van der Waals surface area contributed by atoms with Crippen molar-refractivity contribution >= 4 is 18.2 Å². The summed E-state index contributed by atoms with van der Waals surface area (Å²) in [6.07, 6.45) is 5.37. The van der Waals surface area contributed by atoms with E-state index in [9.17, 15) is 4.79 Å². The third kappa shape index (κ3) is 2.11. The van der Waals surface area contributed by atoms with Crippen LogP contribution in [0.1, 0.15) is 12.8 Å². The van der Waals surface area contributed by atoms with Crippen LogP contribution in [0.25, 0.3) is 0 Å². The summed E-state index contributed by atoms with van der Waals surface area (Å²) in [5, 5.41) is 14.0. The van der Waals surface area contributed by atoms with Gasteiger partial charge in [-0.05, 0) is 30.4 Å². The van der Waals surface area contributed by atoms with Crippen molar-refractivity contribution in [2.24, 2.45) is 5.92 Å². The molecular weight excluding hydrogens is 140 g/mol. The fraction of sp³-hybridized carbons (Fsp3) is 0.375. The Bertz CT molecular complexity index is 226. The van der Waals surface area contributed by atoms with E-state index in [1.807, 2.05) is 0 Å². The molecule has 0 aliphatic heterocycles. The van der Waals surface area contributed by atoms with Gasteiger partial charge in [-0.25, -0.2) is 0 Å². The number of nitrogens with one attached hydrogen (secondary N) is 2. The molecule has 0 radical (unpaired) electrons. The predicted molar refractivity (Wildman–Crippen MR) is 43.4 cm³/mol. The molecule has 0 saturated heterocycles. The van der Waals surface area contributed by atoms with Gasteiger partial charge < -0.3 is 5.41 Å². The zero-order chi connectivity index (χ0) is 8.27. The summed E-state index contributed by atoms with van der Waals surface area (Å²) in [5.74, 6) is 0.438. The second-order valence-corrected chi connectivity index (χ2v) is 2.64. The standard InChI is InChI=1S/C8H10N2O/c9-4-7(6-1-2-6)3-8(10)5-11/h3-6,9-10H,1-2H2/b7-3+,9-4?,10-8?. The Labute approximate surface area is 65.1 Å². The maximum atomic E-state index is 10.1. The zero-order valence-corrected chi connectivity index (χ0v) is 6.13. The smallest absolute Gasteiger partial charge is 0.167 e. The van der Waals surface area contributed by atoms with E-state index in [0.717, 1.165) is 18.4 Å². The van der Waals surface area contributed by atoms with Crippen LogP contribution in [0.15, 0.2) is 11.6 Å². The van der Waals surface area contributed by atoms with Gasteiger partial charge in [-0.3, -0.25) is 10.2 Å². The van der Waals surface area contributed by atoms with E-state index in [2.05, 4.69) is 0 Å². The highest BCUT2D eigenvalue weighted by Gasteiger charge is 2.24. The second-order valence-electron chi connectivity index (χ2n) is 2.64. The Morgan fingerprint density at radius 1 is 1.45 bits per heavy atom. The van der Waals surface area contributed by atoms with Gasteiger partial charge >= 0.3 is 0 Å². The van der Waals surface area contributed by atoms with Crippen LogP contribution in [0.5, 0.6) is 0 Å². The minimum atomic E-state index is -0.0459. The first-order valence-corrected chi connectivity index (χ1v) is 3.53.